The van der Waals surface area contributed by atoms with Gasteiger partial charge in [0.2, 0.25) is 5.91 Å². The Bertz CT molecular complexity index is 1730. The Morgan fingerprint density at radius 1 is 0.881 bits per heavy atom. The minimum atomic E-state index is -1.04. The predicted molar refractivity (Wildman–Crippen MR) is 147 cm³/mol. The fourth-order valence-electron chi connectivity index (χ4n) is 4.95. The second-order valence-electron chi connectivity index (χ2n) is 10.2. The number of methoxy groups -OCH3 is 2. The molecule has 2 atom stereocenters. The topological polar surface area (TPSA) is 112 Å². The molecule has 3 aromatic carbocycles. The van der Waals surface area contributed by atoms with Crippen molar-refractivity contribution >= 4 is 28.9 Å². The standard InChI is InChI=1S/C30H27F2IN3O6/c1-30(2)26(28(37)34-17-7-5-16(31)6-8-17)27(30)29(38)35-18-9-10-23(20(32)13-18)42-22-11-12-33-36(39)21-15-25(41-4)24(40-3)14-19(21)22/h5-15,26-27H,1-4H3,(H,34,37)(H,35,38)/q-1/t26-,27+/m0/s1. The summed E-state index contributed by atoms with van der Waals surface area (Å²) in [6, 6.07) is 12.5. The zero-order chi connectivity index (χ0) is 30.2. The third-order valence-corrected chi connectivity index (χ3v) is 8.95. The number of anilines is 2. The summed E-state index contributed by atoms with van der Waals surface area (Å²) in [7, 11) is 2.93. The van der Waals surface area contributed by atoms with Gasteiger partial charge in [0.25, 0.3) is 0 Å². The Labute approximate surface area is 250 Å². The molecule has 1 aliphatic carbocycles. The molecule has 1 aliphatic heterocycles. The van der Waals surface area contributed by atoms with Crippen LogP contribution in [-0.2, 0) is 9.59 Å². The molecule has 12 heteroatoms. The van der Waals surface area contributed by atoms with Gasteiger partial charge >= 0.3 is 181 Å². The molecule has 9 nitrogen and oxygen atoms in total. The van der Waals surface area contributed by atoms with Gasteiger partial charge < -0.3 is 5.32 Å². The summed E-state index contributed by atoms with van der Waals surface area (Å²) in [5, 5.41) is 18.8. The van der Waals surface area contributed by atoms with Gasteiger partial charge in [0, 0.05) is 5.69 Å². The summed E-state index contributed by atoms with van der Waals surface area (Å²) in [4.78, 5) is 25.9. The zero-order valence-electron chi connectivity index (χ0n) is 23.0. The summed E-state index contributed by atoms with van der Waals surface area (Å²) in [6.45, 7) is 3.60. The summed E-state index contributed by atoms with van der Waals surface area (Å²) >= 11 is -1.04. The molecule has 42 heavy (non-hydrogen) atoms. The zero-order valence-corrected chi connectivity index (χ0v) is 25.2. The molecule has 2 amide bonds. The first-order chi connectivity index (χ1) is 20.0. The number of rotatable bonds is 8. The molecule has 0 bridgehead atoms. The SMILES string of the molecule is COc1cc2c(cc1OC)=[N+]([O-])[I-]C=CC=2Oc1ccc(NC(=O)[C@H]2[C@@H](C(=O)Nc3ccc(F)cc3)C2(C)C)cc1F. The molecule has 0 saturated heterocycles. The molecule has 1 fully saturated rings. The molecule has 0 radical (unpaired) electrons. The summed E-state index contributed by atoms with van der Waals surface area (Å²) < 4.78 is 47.5. The molecule has 1 heterocycles. The van der Waals surface area contributed by atoms with Crippen molar-refractivity contribution in [1.82, 2.24) is 2.95 Å². The van der Waals surface area contributed by atoms with Crippen LogP contribution in [-0.4, -0.2) is 26.0 Å². The van der Waals surface area contributed by atoms with Gasteiger partial charge in [-0.1, -0.05) is 13.8 Å². The molecule has 1 saturated carbocycles. The van der Waals surface area contributed by atoms with Crippen LogP contribution in [0.2, 0.25) is 0 Å². The van der Waals surface area contributed by atoms with E-state index in [1.54, 1.807) is 36.1 Å². The molecule has 3 aromatic rings. The fraction of sp³-hybridized carbons (Fsp3) is 0.233. The van der Waals surface area contributed by atoms with E-state index in [-0.39, 0.29) is 23.1 Å². The monoisotopic (exact) mass is 690 g/mol. The van der Waals surface area contributed by atoms with Crippen LogP contribution in [0.25, 0.3) is 5.76 Å². The van der Waals surface area contributed by atoms with Gasteiger partial charge in [-0.2, -0.15) is 0 Å². The number of ether oxygens (including phenoxy) is 3. The number of hydrogen-bond donors (Lipinski definition) is 2. The number of halogens is 3. The van der Waals surface area contributed by atoms with E-state index in [4.69, 9.17) is 14.2 Å². The Kier molecular flexibility index (Phi) is 8.08. The first kappa shape index (κ1) is 29.3. The van der Waals surface area contributed by atoms with Gasteiger partial charge in [-0.15, -0.1) is 0 Å². The molecule has 220 valence electrons. The van der Waals surface area contributed by atoms with Crippen LogP contribution in [0.15, 0.2) is 64.8 Å². The van der Waals surface area contributed by atoms with E-state index in [0.29, 0.717) is 27.8 Å². The van der Waals surface area contributed by atoms with Crippen molar-refractivity contribution in [2.75, 3.05) is 24.9 Å². The first-order valence-corrected chi connectivity index (χ1v) is 15.0. The molecule has 5 rings (SSSR count). The van der Waals surface area contributed by atoms with Crippen molar-refractivity contribution in [3.63, 3.8) is 0 Å². The van der Waals surface area contributed by atoms with E-state index >= 15 is 4.39 Å². The predicted octanol–water partition coefficient (Wildman–Crippen LogP) is 0.539. The van der Waals surface area contributed by atoms with Crippen molar-refractivity contribution in [3.05, 3.63) is 92.2 Å². The van der Waals surface area contributed by atoms with Crippen LogP contribution in [0.1, 0.15) is 13.8 Å². The third-order valence-electron chi connectivity index (χ3n) is 7.24. The number of benzene rings is 3. The van der Waals surface area contributed by atoms with Crippen LogP contribution >= 0.6 is 0 Å². The Morgan fingerprint density at radius 2 is 1.48 bits per heavy atom. The van der Waals surface area contributed by atoms with Gasteiger partial charge in [0.15, 0.2) is 0 Å². The maximum absolute atomic E-state index is 15.2. The normalized spacial score (nSPS) is 18.6. The van der Waals surface area contributed by atoms with Crippen LogP contribution in [0.3, 0.4) is 0 Å². The summed E-state index contributed by atoms with van der Waals surface area (Å²) in [5.74, 6) is -2.33. The van der Waals surface area contributed by atoms with E-state index in [9.17, 15) is 19.2 Å². The van der Waals surface area contributed by atoms with Crippen LogP contribution in [0, 0.1) is 34.1 Å². The van der Waals surface area contributed by atoms with Gasteiger partial charge in [-0.3, -0.25) is 4.79 Å². The number of amides is 2. The van der Waals surface area contributed by atoms with Crippen LogP contribution < -0.4 is 59.9 Å². The molecule has 0 spiro atoms. The van der Waals surface area contributed by atoms with Crippen molar-refractivity contribution in [1.29, 1.82) is 0 Å². The Hall–Kier alpha value is -4.20. The Morgan fingerprint density at radius 3 is 2.10 bits per heavy atom. The number of carbonyl (C=O) groups excluding carboxylic acids is 2. The second kappa shape index (κ2) is 11.6. The van der Waals surface area contributed by atoms with Gasteiger partial charge in [0.1, 0.15) is 5.82 Å². The van der Waals surface area contributed by atoms with Gasteiger partial charge in [-0.25, -0.2) is 4.39 Å². The number of nitrogens with one attached hydrogen (secondary N) is 2. The maximum atomic E-state index is 15.2. The molecule has 0 aromatic heterocycles. The van der Waals surface area contributed by atoms with Gasteiger partial charge in [-0.05, 0) is 24.3 Å². The summed E-state index contributed by atoms with van der Waals surface area (Å²) in [5.41, 5.74) is -0.0182. The van der Waals surface area contributed by atoms with E-state index in [0.717, 1.165) is 9.02 Å². The molecule has 0 unspecified atom stereocenters. The molecular formula is C30H27F2IN3O6-. The van der Waals surface area contributed by atoms with Crippen molar-refractivity contribution in [2.24, 2.45) is 17.3 Å². The molecule has 2 aliphatic rings. The number of nitrogens with zero attached hydrogens (tertiary/aromatic N) is 1. The summed E-state index contributed by atoms with van der Waals surface area (Å²) in [6.07, 6.45) is 1.62. The van der Waals surface area contributed by atoms with E-state index in [1.165, 1.54) is 50.6 Å². The van der Waals surface area contributed by atoms with Gasteiger partial charge in [0.05, 0.1) is 0 Å². The number of fused-ring (bicyclic) bond motifs is 1. The fourth-order valence-corrected chi connectivity index (χ4v) is 6.43. The third kappa shape index (κ3) is 5.75. The quantitative estimate of drug-likeness (QED) is 0.203. The van der Waals surface area contributed by atoms with Crippen molar-refractivity contribution in [2.45, 2.75) is 13.8 Å². The molecule has 2 N–H and O–H groups in total. The van der Waals surface area contributed by atoms with E-state index in [1.807, 2.05) is 0 Å². The van der Waals surface area contributed by atoms with Crippen molar-refractivity contribution in [3.8, 4) is 17.2 Å². The van der Waals surface area contributed by atoms with Crippen LogP contribution in [0.4, 0.5) is 20.2 Å². The first-order valence-electron chi connectivity index (χ1n) is 12.8. The number of hydrogen-bond acceptors (Lipinski definition) is 6. The second-order valence-corrected chi connectivity index (χ2v) is 12.4. The average molecular weight is 690 g/mol. The van der Waals surface area contributed by atoms with Crippen molar-refractivity contribution < 1.29 is 54.1 Å². The Balaban J connectivity index is 1.33. The van der Waals surface area contributed by atoms with E-state index in [2.05, 4.69) is 10.6 Å². The minimum absolute atomic E-state index is 0.116. The van der Waals surface area contributed by atoms with Crippen LogP contribution in [0.5, 0.6) is 17.2 Å². The number of carbonyl (C=O) groups is 2. The molecular weight excluding hydrogens is 663 g/mol. The van der Waals surface area contributed by atoms with E-state index < -0.39 is 56.3 Å². The average Bonchev–Trinajstić information content (AvgIpc) is 3.59.